The van der Waals surface area contributed by atoms with Crippen LogP contribution in [-0.2, 0) is 9.47 Å². The molecule has 0 aliphatic carbocycles. The minimum Gasteiger partial charge on any atom is -0.423 e. The molecule has 3 rings (SSSR count). The molecular formula is C13H15N3O5. The molecular weight excluding hydrogens is 278 g/mol. The van der Waals surface area contributed by atoms with Gasteiger partial charge < -0.3 is 19.2 Å². The number of non-ortho nitro benzene ring substituents is 1. The molecule has 8 nitrogen and oxygen atoms in total. The lowest BCUT2D eigenvalue weighted by Crippen LogP contribution is -2.26. The van der Waals surface area contributed by atoms with Crippen molar-refractivity contribution < 1.29 is 18.8 Å². The normalized spacial score (nSPS) is 20.8. The zero-order valence-corrected chi connectivity index (χ0v) is 11.7. The third kappa shape index (κ3) is 2.96. The lowest BCUT2D eigenvalue weighted by Gasteiger charge is -2.16. The maximum absolute atomic E-state index is 10.7. The van der Waals surface area contributed by atoms with Crippen molar-refractivity contribution in [2.75, 3.05) is 18.5 Å². The summed E-state index contributed by atoms with van der Waals surface area (Å²) in [6, 6.07) is 4.61. The number of hydrogen-bond donors (Lipinski definition) is 1. The van der Waals surface area contributed by atoms with Crippen LogP contribution in [0.1, 0.15) is 13.8 Å². The van der Waals surface area contributed by atoms with E-state index in [4.69, 9.17) is 13.9 Å². The van der Waals surface area contributed by atoms with Crippen molar-refractivity contribution in [3.8, 4) is 0 Å². The van der Waals surface area contributed by atoms with Crippen molar-refractivity contribution in [1.82, 2.24) is 4.98 Å². The van der Waals surface area contributed by atoms with E-state index >= 15 is 0 Å². The van der Waals surface area contributed by atoms with Crippen LogP contribution in [0.5, 0.6) is 0 Å². The fraction of sp³-hybridized carbons (Fsp3) is 0.462. The van der Waals surface area contributed by atoms with E-state index in [2.05, 4.69) is 10.3 Å². The van der Waals surface area contributed by atoms with Gasteiger partial charge in [-0.2, -0.15) is 4.98 Å². The maximum Gasteiger partial charge on any atom is 0.295 e. The van der Waals surface area contributed by atoms with Crippen LogP contribution in [0.25, 0.3) is 11.1 Å². The van der Waals surface area contributed by atoms with Crippen LogP contribution in [0.2, 0.25) is 0 Å². The van der Waals surface area contributed by atoms with E-state index in [1.807, 2.05) is 13.8 Å². The Labute approximate surface area is 120 Å². The average molecular weight is 293 g/mol. The molecule has 8 heteroatoms. The number of aromatic nitrogens is 1. The second-order valence-corrected chi connectivity index (χ2v) is 5.26. The Balaban J connectivity index is 1.69. The molecule has 1 unspecified atom stereocenters. The van der Waals surface area contributed by atoms with Crippen LogP contribution in [0, 0.1) is 10.1 Å². The Morgan fingerprint density at radius 2 is 2.33 bits per heavy atom. The van der Waals surface area contributed by atoms with E-state index in [9.17, 15) is 10.1 Å². The molecule has 0 spiro atoms. The maximum atomic E-state index is 10.7. The molecule has 21 heavy (non-hydrogen) atoms. The molecule has 0 saturated carbocycles. The quantitative estimate of drug-likeness (QED) is 0.681. The van der Waals surface area contributed by atoms with Gasteiger partial charge in [0.2, 0.25) is 0 Å². The standard InChI is InChI=1S/C13H15N3O5/c1-13(2)19-7-9(21-13)6-14-12-15-10-4-3-8(16(17)18)5-11(10)20-12/h3-5,9H,6-7H2,1-2H3,(H,14,15). The van der Waals surface area contributed by atoms with E-state index in [0.717, 1.165) is 0 Å². The minimum atomic E-state index is -0.575. The summed E-state index contributed by atoms with van der Waals surface area (Å²) in [5.74, 6) is -0.575. The van der Waals surface area contributed by atoms with Gasteiger partial charge in [0.1, 0.15) is 11.6 Å². The van der Waals surface area contributed by atoms with Gasteiger partial charge in [-0.15, -0.1) is 0 Å². The van der Waals surface area contributed by atoms with E-state index in [1.54, 1.807) is 6.07 Å². The van der Waals surface area contributed by atoms with Gasteiger partial charge in [0, 0.05) is 12.6 Å². The van der Waals surface area contributed by atoms with Crippen molar-refractivity contribution in [3.63, 3.8) is 0 Å². The summed E-state index contributed by atoms with van der Waals surface area (Å²) in [4.78, 5) is 14.5. The summed E-state index contributed by atoms with van der Waals surface area (Å²) >= 11 is 0. The zero-order chi connectivity index (χ0) is 15.0. The van der Waals surface area contributed by atoms with Crippen molar-refractivity contribution >= 4 is 22.8 Å². The number of ether oxygens (including phenoxy) is 2. The topological polar surface area (TPSA) is 99.7 Å². The van der Waals surface area contributed by atoms with Crippen LogP contribution in [-0.4, -0.2) is 35.0 Å². The first-order chi connectivity index (χ1) is 9.93. The number of hydrogen-bond acceptors (Lipinski definition) is 7. The highest BCUT2D eigenvalue weighted by Crippen LogP contribution is 2.25. The summed E-state index contributed by atoms with van der Waals surface area (Å²) in [5.41, 5.74) is 0.905. The van der Waals surface area contributed by atoms with Crippen molar-refractivity contribution in [3.05, 3.63) is 28.3 Å². The van der Waals surface area contributed by atoms with Crippen molar-refractivity contribution in [2.24, 2.45) is 0 Å². The number of benzene rings is 1. The molecule has 0 amide bonds. The molecule has 0 radical (unpaired) electrons. The first-order valence-electron chi connectivity index (χ1n) is 6.53. The smallest absolute Gasteiger partial charge is 0.295 e. The fourth-order valence-corrected chi connectivity index (χ4v) is 2.17. The number of nitro benzene ring substituents is 1. The Bertz CT molecular complexity index is 681. The highest BCUT2D eigenvalue weighted by atomic mass is 16.7. The number of oxazole rings is 1. The van der Waals surface area contributed by atoms with E-state index in [-0.39, 0.29) is 11.8 Å². The van der Waals surface area contributed by atoms with Gasteiger partial charge in [-0.1, -0.05) is 0 Å². The van der Waals surface area contributed by atoms with E-state index in [0.29, 0.717) is 30.3 Å². The number of nitrogens with one attached hydrogen (secondary N) is 1. The molecule has 1 aliphatic rings. The molecule has 1 saturated heterocycles. The number of fused-ring (bicyclic) bond motifs is 1. The SMILES string of the molecule is CC1(C)OCC(CNc2nc3ccc([N+](=O)[O-])cc3o2)O1. The van der Waals surface area contributed by atoms with Crippen molar-refractivity contribution in [1.29, 1.82) is 0 Å². The second-order valence-electron chi connectivity index (χ2n) is 5.26. The van der Waals surface area contributed by atoms with E-state index in [1.165, 1.54) is 12.1 Å². The Kier molecular flexibility index (Phi) is 3.26. The Morgan fingerprint density at radius 1 is 1.52 bits per heavy atom. The summed E-state index contributed by atoms with van der Waals surface area (Å²) in [6.07, 6.45) is -0.0932. The monoisotopic (exact) mass is 293 g/mol. The Morgan fingerprint density at radius 3 is 3.00 bits per heavy atom. The van der Waals surface area contributed by atoms with Gasteiger partial charge in [0.05, 0.1) is 17.6 Å². The average Bonchev–Trinajstić information content (AvgIpc) is 2.97. The van der Waals surface area contributed by atoms with Gasteiger partial charge in [-0.05, 0) is 19.9 Å². The van der Waals surface area contributed by atoms with Gasteiger partial charge in [0.25, 0.3) is 11.7 Å². The molecule has 1 aliphatic heterocycles. The summed E-state index contributed by atoms with van der Waals surface area (Å²) in [5, 5.41) is 13.7. The third-order valence-corrected chi connectivity index (χ3v) is 3.13. The number of nitrogens with zero attached hydrogens (tertiary/aromatic N) is 2. The molecule has 0 bridgehead atoms. The molecule has 112 valence electrons. The first-order valence-corrected chi connectivity index (χ1v) is 6.53. The van der Waals surface area contributed by atoms with Gasteiger partial charge in [0.15, 0.2) is 11.4 Å². The van der Waals surface area contributed by atoms with Crippen LogP contribution < -0.4 is 5.32 Å². The summed E-state index contributed by atoms with van der Waals surface area (Å²) in [6.45, 7) is 4.68. The highest BCUT2D eigenvalue weighted by molar-refractivity contribution is 5.77. The molecule has 1 aromatic carbocycles. The lowest BCUT2D eigenvalue weighted by molar-refractivity contribution is -0.384. The van der Waals surface area contributed by atoms with Gasteiger partial charge in [-0.25, -0.2) is 0 Å². The third-order valence-electron chi connectivity index (χ3n) is 3.13. The summed E-state index contributed by atoms with van der Waals surface area (Å²) < 4.78 is 16.6. The fourth-order valence-electron chi connectivity index (χ4n) is 2.17. The largest absolute Gasteiger partial charge is 0.423 e. The molecule has 1 fully saturated rings. The molecule has 2 aromatic rings. The zero-order valence-electron chi connectivity index (χ0n) is 11.7. The second kappa shape index (κ2) is 4.97. The number of rotatable bonds is 4. The van der Waals surface area contributed by atoms with Crippen LogP contribution in [0.4, 0.5) is 11.7 Å². The Hall–Kier alpha value is -2.19. The van der Waals surface area contributed by atoms with E-state index < -0.39 is 10.7 Å². The number of nitro groups is 1. The number of anilines is 1. The predicted octanol–water partition coefficient (Wildman–Crippen LogP) is 2.30. The molecule has 2 heterocycles. The van der Waals surface area contributed by atoms with Crippen LogP contribution in [0.3, 0.4) is 0 Å². The predicted molar refractivity (Wildman–Crippen MR) is 74.1 cm³/mol. The summed E-state index contributed by atoms with van der Waals surface area (Å²) in [7, 11) is 0. The van der Waals surface area contributed by atoms with Crippen LogP contribution >= 0.6 is 0 Å². The van der Waals surface area contributed by atoms with Crippen molar-refractivity contribution in [2.45, 2.75) is 25.7 Å². The van der Waals surface area contributed by atoms with Crippen LogP contribution in [0.15, 0.2) is 22.6 Å². The van der Waals surface area contributed by atoms with Gasteiger partial charge in [-0.3, -0.25) is 10.1 Å². The van der Waals surface area contributed by atoms with Gasteiger partial charge >= 0.3 is 0 Å². The highest BCUT2D eigenvalue weighted by Gasteiger charge is 2.32. The first kappa shape index (κ1) is 13.8. The lowest BCUT2D eigenvalue weighted by atomic mass is 10.3. The minimum absolute atomic E-state index is 0.0283. The molecule has 1 atom stereocenters. The molecule has 1 N–H and O–H groups in total. The molecule has 1 aromatic heterocycles.